The van der Waals surface area contributed by atoms with Crippen LogP contribution in [0.2, 0.25) is 4.34 Å². The molecule has 2 unspecified atom stereocenters. The van der Waals surface area contributed by atoms with Gasteiger partial charge < -0.3 is 10.1 Å². The Balaban J connectivity index is 1.92. The molecule has 1 aromatic heterocycles. The molecule has 0 bridgehead atoms. The molecule has 2 heterocycles. The van der Waals surface area contributed by atoms with Crippen molar-refractivity contribution >= 4 is 40.2 Å². The van der Waals surface area contributed by atoms with Crippen LogP contribution in [0.5, 0.6) is 0 Å². The molecule has 0 aliphatic carbocycles. The van der Waals surface area contributed by atoms with Gasteiger partial charge in [-0.05, 0) is 48.9 Å². The van der Waals surface area contributed by atoms with Gasteiger partial charge in [0, 0.05) is 24.6 Å². The lowest BCUT2D eigenvalue weighted by atomic mass is 9.78. The Morgan fingerprint density at radius 3 is 2.47 bits per heavy atom. The van der Waals surface area contributed by atoms with Crippen molar-refractivity contribution in [3.8, 4) is 0 Å². The monoisotopic (exact) mass is 507 g/mol. The Labute approximate surface area is 203 Å². The van der Waals surface area contributed by atoms with Crippen molar-refractivity contribution in [3.05, 3.63) is 86.8 Å². The minimum atomic E-state index is -1.47. The molecule has 0 radical (unpaired) electrons. The number of halogens is 4. The number of hydrogen-bond donors (Lipinski definition) is 1. The van der Waals surface area contributed by atoms with E-state index in [0.29, 0.717) is 20.5 Å². The van der Waals surface area contributed by atoms with E-state index >= 15 is 0 Å². The largest absolute Gasteiger partial charge is 0.383 e. The number of rotatable bonds is 7. The minimum absolute atomic E-state index is 0.0736. The van der Waals surface area contributed by atoms with Crippen molar-refractivity contribution in [2.75, 3.05) is 25.3 Å². The van der Waals surface area contributed by atoms with Crippen molar-refractivity contribution in [3.63, 3.8) is 0 Å². The minimum Gasteiger partial charge on any atom is -0.383 e. The van der Waals surface area contributed by atoms with E-state index < -0.39 is 34.8 Å². The summed E-state index contributed by atoms with van der Waals surface area (Å²) in [6.07, 6.45) is 0. The number of hydrogen-bond acceptors (Lipinski definition) is 5. The normalized spacial score (nSPS) is 19.9. The van der Waals surface area contributed by atoms with Crippen LogP contribution in [0.15, 0.2) is 59.7 Å². The van der Waals surface area contributed by atoms with Gasteiger partial charge in [-0.25, -0.2) is 18.2 Å². The van der Waals surface area contributed by atoms with Gasteiger partial charge in [-0.2, -0.15) is 5.10 Å². The summed E-state index contributed by atoms with van der Waals surface area (Å²) in [6.45, 7) is 2.12. The molecule has 1 aliphatic rings. The van der Waals surface area contributed by atoms with Crippen molar-refractivity contribution in [2.24, 2.45) is 5.10 Å². The van der Waals surface area contributed by atoms with Crippen molar-refractivity contribution in [1.82, 2.24) is 5.32 Å². The predicted octanol–water partition coefficient (Wildman–Crippen LogP) is 5.35. The van der Waals surface area contributed by atoms with Crippen LogP contribution in [0.3, 0.4) is 0 Å². The summed E-state index contributed by atoms with van der Waals surface area (Å²) in [5, 5.41) is 8.74. The third kappa shape index (κ3) is 4.43. The maximum atomic E-state index is 15.0. The highest BCUT2D eigenvalue weighted by atomic mass is 35.5. The topological polar surface area (TPSA) is 53.9 Å². The quantitative estimate of drug-likeness (QED) is 0.439. The lowest BCUT2D eigenvalue weighted by Crippen LogP contribution is -2.57. The van der Waals surface area contributed by atoms with Gasteiger partial charge in [0.1, 0.15) is 11.6 Å². The Bertz CT molecular complexity index is 1230. The fraction of sp³-hybridized carbons (Fsp3) is 0.250. The molecule has 0 saturated carbocycles. The number of carbonyl (C=O) groups is 1. The van der Waals surface area contributed by atoms with E-state index in [-0.39, 0.29) is 18.8 Å². The second-order valence-electron chi connectivity index (χ2n) is 7.87. The van der Waals surface area contributed by atoms with Gasteiger partial charge in [0.25, 0.3) is 0 Å². The molecule has 5 nitrogen and oxygen atoms in total. The Kier molecular flexibility index (Phi) is 6.97. The molecule has 178 valence electrons. The molecule has 10 heteroatoms. The summed E-state index contributed by atoms with van der Waals surface area (Å²) in [5.41, 5.74) is -0.566. The Hall–Kier alpha value is -2.88. The third-order valence-corrected chi connectivity index (χ3v) is 6.99. The first-order chi connectivity index (χ1) is 16.3. The predicted molar refractivity (Wildman–Crippen MR) is 127 cm³/mol. The molecule has 3 aromatic rings. The smallest absolute Gasteiger partial charge is 0.248 e. The number of anilines is 1. The van der Waals surface area contributed by atoms with Gasteiger partial charge in [0.2, 0.25) is 5.91 Å². The standard InChI is InChI=1S/C24H21ClF3N3O2S/c1-24(23(32)29-11-12-33-2)21(19-9-10-20(25)34-19)22(14-3-5-15(26)6-4-14)30-31(24)18-8-7-16(27)13-17(18)28/h3-10,13,21H,11-12H2,1-2H3,(H,29,32). The molecular formula is C24H21ClF3N3O2S. The van der Waals surface area contributed by atoms with E-state index in [4.69, 9.17) is 16.3 Å². The highest BCUT2D eigenvalue weighted by molar-refractivity contribution is 7.16. The van der Waals surface area contributed by atoms with Crippen LogP contribution in [-0.4, -0.2) is 37.4 Å². The van der Waals surface area contributed by atoms with Gasteiger partial charge in [0.15, 0.2) is 11.4 Å². The third-order valence-electron chi connectivity index (χ3n) is 5.69. The van der Waals surface area contributed by atoms with E-state index in [1.54, 1.807) is 31.2 Å². The van der Waals surface area contributed by atoms with E-state index in [2.05, 4.69) is 10.4 Å². The molecule has 2 aromatic carbocycles. The molecule has 1 aliphatic heterocycles. The first kappa shape index (κ1) is 24.3. The van der Waals surface area contributed by atoms with Gasteiger partial charge in [-0.1, -0.05) is 23.7 Å². The summed E-state index contributed by atoms with van der Waals surface area (Å²) in [4.78, 5) is 14.4. The van der Waals surface area contributed by atoms with Crippen LogP contribution in [0.1, 0.15) is 23.3 Å². The van der Waals surface area contributed by atoms with Crippen molar-refractivity contribution < 1.29 is 22.7 Å². The summed E-state index contributed by atoms with van der Waals surface area (Å²) in [7, 11) is 1.51. The van der Waals surface area contributed by atoms with Crippen molar-refractivity contribution in [2.45, 2.75) is 18.4 Å². The number of amides is 1. The fourth-order valence-corrected chi connectivity index (χ4v) is 5.31. The maximum Gasteiger partial charge on any atom is 0.248 e. The van der Waals surface area contributed by atoms with E-state index in [0.717, 1.165) is 12.1 Å². The number of carbonyl (C=O) groups excluding carboxylic acids is 1. The molecule has 0 saturated heterocycles. The number of ether oxygens (including phenoxy) is 1. The number of thiophene rings is 1. The average Bonchev–Trinajstić information content (AvgIpc) is 3.35. The highest BCUT2D eigenvalue weighted by Gasteiger charge is 2.55. The van der Waals surface area contributed by atoms with Crippen LogP contribution in [-0.2, 0) is 9.53 Å². The first-order valence-electron chi connectivity index (χ1n) is 10.4. The van der Waals surface area contributed by atoms with E-state index in [1.807, 2.05) is 0 Å². The second-order valence-corrected chi connectivity index (χ2v) is 9.62. The molecule has 2 atom stereocenters. The molecule has 34 heavy (non-hydrogen) atoms. The van der Waals surface area contributed by atoms with Crippen LogP contribution >= 0.6 is 22.9 Å². The van der Waals surface area contributed by atoms with Gasteiger partial charge in [-0.3, -0.25) is 4.79 Å². The average molecular weight is 508 g/mol. The van der Waals surface area contributed by atoms with Crippen LogP contribution < -0.4 is 10.3 Å². The summed E-state index contributed by atoms with van der Waals surface area (Å²) >= 11 is 7.49. The summed E-state index contributed by atoms with van der Waals surface area (Å²) in [5.74, 6) is -3.19. The van der Waals surface area contributed by atoms with Crippen molar-refractivity contribution in [1.29, 1.82) is 0 Å². The Morgan fingerprint density at radius 2 is 1.85 bits per heavy atom. The number of nitrogens with zero attached hydrogens (tertiary/aromatic N) is 2. The van der Waals surface area contributed by atoms with E-state index in [9.17, 15) is 18.0 Å². The van der Waals surface area contributed by atoms with Crippen LogP contribution in [0, 0.1) is 17.5 Å². The zero-order valence-corrected chi connectivity index (χ0v) is 19.9. The maximum absolute atomic E-state index is 15.0. The first-order valence-corrected chi connectivity index (χ1v) is 11.6. The summed E-state index contributed by atoms with van der Waals surface area (Å²) < 4.78 is 47.8. The fourth-order valence-electron chi connectivity index (χ4n) is 4.03. The molecular weight excluding hydrogens is 487 g/mol. The molecule has 0 spiro atoms. The zero-order chi connectivity index (χ0) is 24.5. The molecule has 1 N–H and O–H groups in total. The number of hydrazone groups is 1. The van der Waals surface area contributed by atoms with Crippen LogP contribution in [0.25, 0.3) is 0 Å². The second kappa shape index (κ2) is 9.77. The van der Waals surface area contributed by atoms with E-state index in [1.165, 1.54) is 41.7 Å². The summed E-state index contributed by atoms with van der Waals surface area (Å²) in [6, 6.07) is 12.2. The SMILES string of the molecule is COCCNC(=O)C1(C)C(c2ccc(Cl)s2)C(c2ccc(F)cc2)=NN1c1ccc(F)cc1F. The number of nitrogens with one attached hydrogen (secondary N) is 1. The molecule has 1 amide bonds. The number of methoxy groups -OCH3 is 1. The van der Waals surface area contributed by atoms with Crippen LogP contribution in [0.4, 0.5) is 18.9 Å². The highest BCUT2D eigenvalue weighted by Crippen LogP contribution is 2.47. The molecule has 0 fully saturated rings. The van der Waals surface area contributed by atoms with Gasteiger partial charge in [-0.15, -0.1) is 11.3 Å². The van der Waals surface area contributed by atoms with Gasteiger partial charge >= 0.3 is 0 Å². The van der Waals surface area contributed by atoms with Gasteiger partial charge in [0.05, 0.1) is 28.3 Å². The number of benzene rings is 2. The Morgan fingerprint density at radius 1 is 1.15 bits per heavy atom. The lowest BCUT2D eigenvalue weighted by Gasteiger charge is -2.37. The molecule has 4 rings (SSSR count). The zero-order valence-electron chi connectivity index (χ0n) is 18.3. The lowest BCUT2D eigenvalue weighted by molar-refractivity contribution is -0.126.